The lowest BCUT2D eigenvalue weighted by atomic mass is 10.0. The summed E-state index contributed by atoms with van der Waals surface area (Å²) in [5.41, 5.74) is 9.74. The van der Waals surface area contributed by atoms with Gasteiger partial charge in [-0.15, -0.1) is 0 Å². The van der Waals surface area contributed by atoms with Crippen LogP contribution in [0.25, 0.3) is 0 Å². The first kappa shape index (κ1) is 8.11. The molecule has 1 aliphatic rings. The summed E-state index contributed by atoms with van der Waals surface area (Å²) in [5.74, 6) is 1.28. The molecule has 0 aromatic carbocycles. The number of nitrogens with zero attached hydrogens (tertiary/aromatic N) is 1. The van der Waals surface area contributed by atoms with Gasteiger partial charge in [0.25, 0.3) is 0 Å². The van der Waals surface area contributed by atoms with Gasteiger partial charge < -0.3 is 11.2 Å². The molecule has 0 atom stereocenters. The predicted molar refractivity (Wildman–Crippen MR) is 47.2 cm³/mol. The van der Waals surface area contributed by atoms with Gasteiger partial charge in [0.1, 0.15) is 5.84 Å². The van der Waals surface area contributed by atoms with Crippen LogP contribution in [-0.4, -0.2) is 12.4 Å². The molecular formula is C8H15N3. The minimum Gasteiger partial charge on any atom is -0.382 e. The normalized spacial score (nSPS) is 17.4. The summed E-state index contributed by atoms with van der Waals surface area (Å²) in [6, 6.07) is 0. The van der Waals surface area contributed by atoms with Crippen molar-refractivity contribution in [2.45, 2.75) is 20.3 Å². The zero-order chi connectivity index (χ0) is 8.27. The van der Waals surface area contributed by atoms with Gasteiger partial charge in [-0.25, -0.2) is 0 Å². The Hall–Kier alpha value is -0.990. The first-order valence-corrected chi connectivity index (χ1v) is 3.94. The summed E-state index contributed by atoms with van der Waals surface area (Å²) in [6.07, 6.45) is 3.06. The molecule has 3 nitrogen and oxygen atoms in total. The summed E-state index contributed by atoms with van der Waals surface area (Å²) >= 11 is 0. The Labute approximate surface area is 67.4 Å². The molecule has 1 heterocycles. The van der Waals surface area contributed by atoms with E-state index in [1.54, 1.807) is 0 Å². The minimum absolute atomic E-state index is 0.590. The monoisotopic (exact) mass is 153 g/mol. The van der Waals surface area contributed by atoms with E-state index in [9.17, 15) is 0 Å². The van der Waals surface area contributed by atoms with Crippen molar-refractivity contribution >= 4 is 5.84 Å². The van der Waals surface area contributed by atoms with E-state index in [1.165, 1.54) is 5.57 Å². The van der Waals surface area contributed by atoms with Gasteiger partial charge in [0.2, 0.25) is 0 Å². The molecule has 3 N–H and O–H groups in total. The highest BCUT2D eigenvalue weighted by molar-refractivity contribution is 5.92. The molecule has 0 amide bonds. The number of amidine groups is 1. The van der Waals surface area contributed by atoms with E-state index in [-0.39, 0.29) is 0 Å². The Morgan fingerprint density at radius 3 is 3.00 bits per heavy atom. The van der Waals surface area contributed by atoms with Gasteiger partial charge in [0.05, 0.1) is 6.54 Å². The van der Waals surface area contributed by atoms with Gasteiger partial charge >= 0.3 is 0 Å². The van der Waals surface area contributed by atoms with E-state index in [2.05, 4.69) is 24.4 Å². The summed E-state index contributed by atoms with van der Waals surface area (Å²) in [6.45, 7) is 5.24. The maximum absolute atomic E-state index is 5.51. The van der Waals surface area contributed by atoms with Crippen LogP contribution in [0.4, 0.5) is 0 Å². The Bertz CT molecular complexity index is 192. The largest absolute Gasteiger partial charge is 0.382 e. The molecular weight excluding hydrogens is 138 g/mol. The molecule has 0 fully saturated rings. The van der Waals surface area contributed by atoms with Gasteiger partial charge in [-0.3, -0.25) is 0 Å². The molecule has 0 aromatic rings. The van der Waals surface area contributed by atoms with E-state index >= 15 is 0 Å². The van der Waals surface area contributed by atoms with Crippen molar-refractivity contribution in [2.75, 3.05) is 6.54 Å². The molecule has 1 rings (SSSR count). The van der Waals surface area contributed by atoms with E-state index in [0.717, 1.165) is 13.0 Å². The number of hydrogen-bond donors (Lipinski definition) is 2. The van der Waals surface area contributed by atoms with Crippen molar-refractivity contribution in [2.24, 2.45) is 16.8 Å². The van der Waals surface area contributed by atoms with Crippen molar-refractivity contribution < 1.29 is 0 Å². The third-order valence-corrected chi connectivity index (χ3v) is 1.54. The molecule has 0 radical (unpaired) electrons. The average Bonchev–Trinajstić information content (AvgIpc) is 1.85. The highest BCUT2D eigenvalue weighted by atomic mass is 15.3. The molecule has 0 aromatic heterocycles. The fraction of sp³-hybridized carbons (Fsp3) is 0.625. The second-order valence-electron chi connectivity index (χ2n) is 3.27. The zero-order valence-corrected chi connectivity index (χ0v) is 7.09. The fourth-order valence-corrected chi connectivity index (χ4v) is 1.18. The van der Waals surface area contributed by atoms with Crippen LogP contribution >= 0.6 is 0 Å². The SMILES string of the molecule is CC(C)CC1=CC(N)=NNC1. The lowest BCUT2D eigenvalue weighted by Crippen LogP contribution is -2.24. The Kier molecular flexibility index (Phi) is 2.52. The summed E-state index contributed by atoms with van der Waals surface area (Å²) in [4.78, 5) is 0. The number of rotatable bonds is 2. The Morgan fingerprint density at radius 2 is 2.45 bits per heavy atom. The number of nitrogens with one attached hydrogen (secondary N) is 1. The quantitative estimate of drug-likeness (QED) is 0.617. The van der Waals surface area contributed by atoms with Gasteiger partial charge in [0.15, 0.2) is 0 Å². The summed E-state index contributed by atoms with van der Waals surface area (Å²) in [5, 5.41) is 3.86. The van der Waals surface area contributed by atoms with Crippen LogP contribution in [0.3, 0.4) is 0 Å². The number of hydrogen-bond acceptors (Lipinski definition) is 3. The first-order valence-electron chi connectivity index (χ1n) is 3.94. The van der Waals surface area contributed by atoms with Crippen LogP contribution < -0.4 is 11.2 Å². The van der Waals surface area contributed by atoms with Crippen LogP contribution in [0, 0.1) is 5.92 Å². The standard InChI is InChI=1S/C8H15N3/c1-6(2)3-7-4-8(9)11-10-5-7/h4,6,10H,3,5H2,1-2H3,(H2,9,11). The molecule has 0 bridgehead atoms. The minimum atomic E-state index is 0.590. The zero-order valence-electron chi connectivity index (χ0n) is 7.09. The van der Waals surface area contributed by atoms with Gasteiger partial charge in [-0.05, 0) is 24.0 Å². The third-order valence-electron chi connectivity index (χ3n) is 1.54. The van der Waals surface area contributed by atoms with Crippen molar-refractivity contribution in [1.29, 1.82) is 0 Å². The molecule has 62 valence electrons. The van der Waals surface area contributed by atoms with Crippen molar-refractivity contribution in [3.05, 3.63) is 11.6 Å². The molecule has 0 unspecified atom stereocenters. The van der Waals surface area contributed by atoms with E-state index in [0.29, 0.717) is 11.8 Å². The predicted octanol–water partition coefficient (Wildman–Crippen LogP) is 0.834. The first-order chi connectivity index (χ1) is 5.18. The van der Waals surface area contributed by atoms with Crippen LogP contribution in [-0.2, 0) is 0 Å². The van der Waals surface area contributed by atoms with Gasteiger partial charge in [-0.2, -0.15) is 5.10 Å². The van der Waals surface area contributed by atoms with E-state index in [4.69, 9.17) is 5.73 Å². The molecule has 0 aliphatic carbocycles. The van der Waals surface area contributed by atoms with E-state index in [1.807, 2.05) is 6.08 Å². The molecule has 0 spiro atoms. The van der Waals surface area contributed by atoms with Crippen molar-refractivity contribution in [1.82, 2.24) is 5.43 Å². The van der Waals surface area contributed by atoms with Crippen LogP contribution in [0.15, 0.2) is 16.8 Å². The van der Waals surface area contributed by atoms with Gasteiger partial charge in [0, 0.05) is 0 Å². The molecule has 1 aliphatic heterocycles. The lowest BCUT2D eigenvalue weighted by molar-refractivity contribution is 0.615. The maximum Gasteiger partial charge on any atom is 0.143 e. The topological polar surface area (TPSA) is 50.4 Å². The van der Waals surface area contributed by atoms with Crippen LogP contribution in [0.2, 0.25) is 0 Å². The molecule has 11 heavy (non-hydrogen) atoms. The van der Waals surface area contributed by atoms with Crippen molar-refractivity contribution in [3.63, 3.8) is 0 Å². The Balaban J connectivity index is 2.51. The number of hydrazone groups is 1. The second-order valence-corrected chi connectivity index (χ2v) is 3.27. The molecule has 3 heteroatoms. The van der Waals surface area contributed by atoms with Crippen LogP contribution in [0.5, 0.6) is 0 Å². The maximum atomic E-state index is 5.51. The number of nitrogens with two attached hydrogens (primary N) is 1. The summed E-state index contributed by atoms with van der Waals surface area (Å²) < 4.78 is 0. The third kappa shape index (κ3) is 2.62. The Morgan fingerprint density at radius 1 is 1.73 bits per heavy atom. The molecule has 0 saturated carbocycles. The van der Waals surface area contributed by atoms with E-state index < -0.39 is 0 Å². The summed E-state index contributed by atoms with van der Waals surface area (Å²) in [7, 11) is 0. The fourth-order valence-electron chi connectivity index (χ4n) is 1.18. The highest BCUT2D eigenvalue weighted by Crippen LogP contribution is 2.10. The average molecular weight is 153 g/mol. The smallest absolute Gasteiger partial charge is 0.143 e. The highest BCUT2D eigenvalue weighted by Gasteiger charge is 2.04. The lowest BCUT2D eigenvalue weighted by Gasteiger charge is -2.13. The van der Waals surface area contributed by atoms with Crippen LogP contribution in [0.1, 0.15) is 20.3 Å². The molecule has 0 saturated heterocycles. The van der Waals surface area contributed by atoms with Gasteiger partial charge in [-0.1, -0.05) is 13.8 Å². The van der Waals surface area contributed by atoms with Crippen molar-refractivity contribution in [3.8, 4) is 0 Å². The second kappa shape index (κ2) is 3.42.